The molecule has 0 aromatic heterocycles. The van der Waals surface area contributed by atoms with Crippen LogP contribution in [0.5, 0.6) is 5.75 Å². The van der Waals surface area contributed by atoms with Crippen LogP contribution >= 0.6 is 0 Å². The van der Waals surface area contributed by atoms with Gasteiger partial charge in [-0.15, -0.1) is 0 Å². The van der Waals surface area contributed by atoms with Crippen LogP contribution in [0.1, 0.15) is 126 Å². The van der Waals surface area contributed by atoms with Gasteiger partial charge >= 0.3 is 0 Å². The van der Waals surface area contributed by atoms with Crippen molar-refractivity contribution < 1.29 is 9.13 Å². The van der Waals surface area contributed by atoms with E-state index < -0.39 is 0 Å². The monoisotopic (exact) mass is 491 g/mol. The maximum absolute atomic E-state index is 15.2. The summed E-state index contributed by atoms with van der Waals surface area (Å²) in [5, 5.41) is 9.97. The van der Waals surface area contributed by atoms with Crippen molar-refractivity contribution >= 4 is 0 Å². The van der Waals surface area contributed by atoms with Crippen molar-refractivity contribution in [3.63, 3.8) is 0 Å². The van der Waals surface area contributed by atoms with Crippen molar-refractivity contribution in [1.29, 1.82) is 5.26 Å². The molecule has 0 spiro atoms. The standard InChI is InChI=1S/C33H46FNO/c1-4-6-8-9-10-12-13-25-15-17-26(18-16-25)28-20-21-30(29(23-28)24-35)31-22-19-27(14-11-7-5-2)32(34)33(31)36-3/h19-23,25-26H,4-18H2,1-3H3. The maximum Gasteiger partial charge on any atom is 0.168 e. The maximum atomic E-state index is 15.2. The predicted molar refractivity (Wildman–Crippen MR) is 149 cm³/mol. The fourth-order valence-corrected chi connectivity index (χ4v) is 5.91. The van der Waals surface area contributed by atoms with E-state index in [0.717, 1.165) is 30.7 Å². The second kappa shape index (κ2) is 15.0. The molecule has 3 rings (SSSR count). The number of methoxy groups -OCH3 is 1. The van der Waals surface area contributed by atoms with Crippen LogP contribution < -0.4 is 4.74 Å². The highest BCUT2D eigenvalue weighted by Crippen LogP contribution is 2.41. The predicted octanol–water partition coefficient (Wildman–Crippen LogP) is 10.1. The Hall–Kier alpha value is -2.34. The highest BCUT2D eigenvalue weighted by atomic mass is 19.1. The molecule has 1 aliphatic rings. The van der Waals surface area contributed by atoms with Crippen LogP contribution in [-0.2, 0) is 6.42 Å². The average Bonchev–Trinajstić information content (AvgIpc) is 2.91. The largest absolute Gasteiger partial charge is 0.493 e. The second-order valence-electron chi connectivity index (χ2n) is 10.8. The van der Waals surface area contributed by atoms with E-state index >= 15 is 4.39 Å². The molecule has 1 saturated carbocycles. The van der Waals surface area contributed by atoms with E-state index in [0.29, 0.717) is 29.0 Å². The summed E-state index contributed by atoms with van der Waals surface area (Å²) in [7, 11) is 1.52. The van der Waals surface area contributed by atoms with Gasteiger partial charge in [-0.1, -0.05) is 95.9 Å². The molecule has 0 atom stereocenters. The van der Waals surface area contributed by atoms with Crippen LogP contribution in [0.3, 0.4) is 0 Å². The van der Waals surface area contributed by atoms with Gasteiger partial charge in [-0.25, -0.2) is 4.39 Å². The zero-order valence-corrected chi connectivity index (χ0v) is 22.9. The summed E-state index contributed by atoms with van der Waals surface area (Å²) >= 11 is 0. The van der Waals surface area contributed by atoms with Gasteiger partial charge in [-0.3, -0.25) is 0 Å². The van der Waals surface area contributed by atoms with Gasteiger partial charge in [0.15, 0.2) is 11.6 Å². The van der Waals surface area contributed by atoms with Gasteiger partial charge in [0, 0.05) is 11.1 Å². The van der Waals surface area contributed by atoms with Gasteiger partial charge in [0.2, 0.25) is 0 Å². The van der Waals surface area contributed by atoms with Crippen molar-refractivity contribution in [3.8, 4) is 22.9 Å². The second-order valence-corrected chi connectivity index (χ2v) is 10.8. The van der Waals surface area contributed by atoms with E-state index in [1.807, 2.05) is 24.3 Å². The molecule has 0 N–H and O–H groups in total. The van der Waals surface area contributed by atoms with E-state index in [1.165, 1.54) is 83.3 Å². The summed E-state index contributed by atoms with van der Waals surface area (Å²) in [5.41, 5.74) is 3.98. The summed E-state index contributed by atoms with van der Waals surface area (Å²) in [6.45, 7) is 4.42. The number of hydrogen-bond acceptors (Lipinski definition) is 2. The molecule has 0 saturated heterocycles. The van der Waals surface area contributed by atoms with Gasteiger partial charge in [0.05, 0.1) is 18.7 Å². The van der Waals surface area contributed by atoms with Crippen molar-refractivity contribution in [2.75, 3.05) is 7.11 Å². The number of nitriles is 1. The Bertz CT molecular complexity index is 984. The van der Waals surface area contributed by atoms with E-state index in [4.69, 9.17) is 4.74 Å². The number of unbranched alkanes of at least 4 members (excludes halogenated alkanes) is 7. The Labute approximate surface area is 219 Å². The van der Waals surface area contributed by atoms with Gasteiger partial charge in [0.1, 0.15) is 0 Å². The lowest BCUT2D eigenvalue weighted by atomic mass is 9.76. The molecule has 1 fully saturated rings. The highest BCUT2D eigenvalue weighted by Gasteiger charge is 2.24. The number of benzene rings is 2. The fraction of sp³-hybridized carbons (Fsp3) is 0.606. The fourth-order valence-electron chi connectivity index (χ4n) is 5.91. The van der Waals surface area contributed by atoms with Crippen LogP contribution in [0.15, 0.2) is 30.3 Å². The Morgan fingerprint density at radius 3 is 2.22 bits per heavy atom. The minimum Gasteiger partial charge on any atom is -0.493 e. The van der Waals surface area contributed by atoms with Gasteiger partial charge in [-0.2, -0.15) is 5.26 Å². The zero-order chi connectivity index (χ0) is 25.8. The molecular formula is C33H46FNO. The Kier molecular flexibility index (Phi) is 11.8. The molecule has 0 heterocycles. The van der Waals surface area contributed by atoms with Gasteiger partial charge in [-0.05, 0) is 67.6 Å². The van der Waals surface area contributed by atoms with Crippen molar-refractivity contribution in [3.05, 3.63) is 52.8 Å². The molecular weight excluding hydrogens is 445 g/mol. The summed E-state index contributed by atoms with van der Waals surface area (Å²) in [4.78, 5) is 0. The molecule has 36 heavy (non-hydrogen) atoms. The van der Waals surface area contributed by atoms with Crippen LogP contribution in [0.4, 0.5) is 4.39 Å². The number of rotatable bonds is 14. The lowest BCUT2D eigenvalue weighted by Gasteiger charge is -2.29. The normalized spacial score (nSPS) is 17.6. The third-order valence-corrected chi connectivity index (χ3v) is 8.17. The summed E-state index contributed by atoms with van der Waals surface area (Å²) in [5.74, 6) is 1.35. The third-order valence-electron chi connectivity index (χ3n) is 8.17. The number of aryl methyl sites for hydroxylation is 1. The zero-order valence-electron chi connectivity index (χ0n) is 22.9. The van der Waals surface area contributed by atoms with Crippen molar-refractivity contribution in [2.45, 2.75) is 116 Å². The first-order valence-corrected chi connectivity index (χ1v) is 14.5. The first kappa shape index (κ1) is 28.2. The Balaban J connectivity index is 1.65. The molecule has 0 bridgehead atoms. The molecule has 2 aromatic carbocycles. The van der Waals surface area contributed by atoms with E-state index in [1.54, 1.807) is 0 Å². The summed E-state index contributed by atoms with van der Waals surface area (Å²) < 4.78 is 20.8. The van der Waals surface area contributed by atoms with Crippen LogP contribution in [0.25, 0.3) is 11.1 Å². The quantitative estimate of drug-likeness (QED) is 0.246. The van der Waals surface area contributed by atoms with Crippen molar-refractivity contribution in [1.82, 2.24) is 0 Å². The molecule has 0 radical (unpaired) electrons. The highest BCUT2D eigenvalue weighted by molar-refractivity contribution is 5.77. The van der Waals surface area contributed by atoms with E-state index in [-0.39, 0.29) is 11.6 Å². The number of ether oxygens (including phenoxy) is 1. The molecule has 0 amide bonds. The minimum absolute atomic E-state index is 0.253. The smallest absolute Gasteiger partial charge is 0.168 e. The topological polar surface area (TPSA) is 33.0 Å². The SMILES string of the molecule is CCCCCCCCC1CCC(c2ccc(-c3ccc(CCCCC)c(F)c3OC)c(C#N)c2)CC1. The van der Waals surface area contributed by atoms with Crippen LogP contribution in [0.2, 0.25) is 0 Å². The van der Waals surface area contributed by atoms with E-state index in [9.17, 15) is 5.26 Å². The minimum atomic E-state index is -0.289. The molecule has 3 heteroatoms. The summed E-state index contributed by atoms with van der Waals surface area (Å²) in [6, 6.07) is 12.4. The van der Waals surface area contributed by atoms with Gasteiger partial charge < -0.3 is 4.74 Å². The van der Waals surface area contributed by atoms with E-state index in [2.05, 4.69) is 26.0 Å². The van der Waals surface area contributed by atoms with Crippen LogP contribution in [0, 0.1) is 23.1 Å². The average molecular weight is 492 g/mol. The van der Waals surface area contributed by atoms with Crippen LogP contribution in [-0.4, -0.2) is 7.11 Å². The van der Waals surface area contributed by atoms with Crippen molar-refractivity contribution in [2.24, 2.45) is 5.92 Å². The molecule has 0 aliphatic heterocycles. The first-order chi connectivity index (χ1) is 17.6. The molecule has 0 unspecified atom stereocenters. The molecule has 2 nitrogen and oxygen atoms in total. The first-order valence-electron chi connectivity index (χ1n) is 14.5. The number of halogens is 1. The van der Waals surface area contributed by atoms with Gasteiger partial charge in [0.25, 0.3) is 0 Å². The third kappa shape index (κ3) is 7.58. The Morgan fingerprint density at radius 1 is 0.861 bits per heavy atom. The molecule has 2 aromatic rings. The number of hydrogen-bond donors (Lipinski definition) is 0. The summed E-state index contributed by atoms with van der Waals surface area (Å²) in [6.07, 6.45) is 18.5. The Morgan fingerprint density at radius 2 is 1.53 bits per heavy atom. The molecule has 196 valence electrons. The lowest BCUT2D eigenvalue weighted by Crippen LogP contribution is -2.13. The molecule has 1 aliphatic carbocycles. The number of nitrogens with zero attached hydrogens (tertiary/aromatic N) is 1. The lowest BCUT2D eigenvalue weighted by molar-refractivity contribution is 0.302.